The number of nitrogens with one attached hydrogen (secondary N) is 1. The first-order valence-electron chi connectivity index (χ1n) is 7.67. The maximum Gasteiger partial charge on any atom is 0.186 e. The van der Waals surface area contributed by atoms with Crippen molar-refractivity contribution in [3.8, 4) is 0 Å². The molecule has 1 N–H and O–H groups in total. The zero-order chi connectivity index (χ0) is 15.2. The molecule has 1 aromatic heterocycles. The lowest BCUT2D eigenvalue weighted by molar-refractivity contribution is 0.0821. The van der Waals surface area contributed by atoms with Crippen LogP contribution in [0.1, 0.15) is 37.8 Å². The van der Waals surface area contributed by atoms with E-state index in [1.54, 1.807) is 18.4 Å². The van der Waals surface area contributed by atoms with E-state index < -0.39 is 0 Å². The fourth-order valence-electron chi connectivity index (χ4n) is 2.36. The molecule has 0 amide bonds. The van der Waals surface area contributed by atoms with Crippen molar-refractivity contribution in [2.24, 2.45) is 0 Å². The summed E-state index contributed by atoms with van der Waals surface area (Å²) in [6, 6.07) is 0.470. The molecule has 0 saturated carbocycles. The highest BCUT2D eigenvalue weighted by atomic mass is 32.1. The molecule has 0 bridgehead atoms. The highest BCUT2D eigenvalue weighted by Crippen LogP contribution is 2.28. The molecular formula is C15H27N3O2S. The molecule has 6 heteroatoms. The van der Waals surface area contributed by atoms with Gasteiger partial charge in [0.25, 0.3) is 0 Å². The van der Waals surface area contributed by atoms with Crippen LogP contribution >= 0.6 is 11.3 Å². The van der Waals surface area contributed by atoms with E-state index in [0.717, 1.165) is 43.5 Å². The van der Waals surface area contributed by atoms with E-state index >= 15 is 0 Å². The lowest BCUT2D eigenvalue weighted by atomic mass is 10.3. The summed E-state index contributed by atoms with van der Waals surface area (Å²) >= 11 is 1.78. The number of nitrogens with zero attached hydrogens (tertiary/aromatic N) is 2. The maximum absolute atomic E-state index is 5.72. The molecule has 120 valence electrons. The zero-order valence-corrected chi connectivity index (χ0v) is 14.3. The number of hydrogen-bond donors (Lipinski definition) is 1. The van der Waals surface area contributed by atoms with Crippen LogP contribution in [0.3, 0.4) is 0 Å². The van der Waals surface area contributed by atoms with E-state index in [9.17, 15) is 0 Å². The monoisotopic (exact) mass is 313 g/mol. The average molecular weight is 313 g/mol. The largest absolute Gasteiger partial charge is 0.378 e. The van der Waals surface area contributed by atoms with Crippen molar-refractivity contribution in [2.45, 2.75) is 52.5 Å². The van der Waals surface area contributed by atoms with Crippen LogP contribution in [-0.2, 0) is 22.6 Å². The number of anilines is 1. The number of thiazole rings is 1. The van der Waals surface area contributed by atoms with Gasteiger partial charge >= 0.3 is 0 Å². The van der Waals surface area contributed by atoms with E-state index in [4.69, 9.17) is 14.5 Å². The molecule has 1 aromatic rings. The molecule has 21 heavy (non-hydrogen) atoms. The molecule has 5 nitrogen and oxygen atoms in total. The molecule has 0 aliphatic carbocycles. The topological polar surface area (TPSA) is 46.6 Å². The zero-order valence-electron chi connectivity index (χ0n) is 13.5. The quantitative estimate of drug-likeness (QED) is 0.874. The van der Waals surface area contributed by atoms with Crippen molar-refractivity contribution in [1.29, 1.82) is 0 Å². The van der Waals surface area contributed by atoms with Gasteiger partial charge in [0.1, 0.15) is 0 Å². The summed E-state index contributed by atoms with van der Waals surface area (Å²) in [5.41, 5.74) is 1.06. The van der Waals surface area contributed by atoms with Crippen LogP contribution in [0.25, 0.3) is 0 Å². The van der Waals surface area contributed by atoms with Gasteiger partial charge in [-0.1, -0.05) is 13.8 Å². The highest BCUT2D eigenvalue weighted by molar-refractivity contribution is 7.15. The second-order valence-corrected chi connectivity index (χ2v) is 6.88. The third-order valence-corrected chi connectivity index (χ3v) is 4.60. The molecule has 0 spiro atoms. The summed E-state index contributed by atoms with van der Waals surface area (Å²) in [6.45, 7) is 10.6. The maximum atomic E-state index is 5.72. The Labute approximate surface area is 131 Å². The fraction of sp³-hybridized carbons (Fsp3) is 0.800. The first kappa shape index (κ1) is 16.7. The van der Waals surface area contributed by atoms with Gasteiger partial charge in [0.05, 0.1) is 18.4 Å². The van der Waals surface area contributed by atoms with Crippen molar-refractivity contribution >= 4 is 16.5 Å². The van der Waals surface area contributed by atoms with Crippen molar-refractivity contribution in [1.82, 2.24) is 10.3 Å². The molecule has 0 aromatic carbocycles. The molecule has 1 aliphatic heterocycles. The van der Waals surface area contributed by atoms with Gasteiger partial charge < -0.3 is 19.7 Å². The summed E-state index contributed by atoms with van der Waals surface area (Å²) in [4.78, 5) is 8.43. The number of methoxy groups -OCH3 is 1. The van der Waals surface area contributed by atoms with Gasteiger partial charge in [0, 0.05) is 44.3 Å². The predicted molar refractivity (Wildman–Crippen MR) is 87.0 cm³/mol. The van der Waals surface area contributed by atoms with Crippen molar-refractivity contribution in [2.75, 3.05) is 31.7 Å². The van der Waals surface area contributed by atoms with Gasteiger partial charge in [0.15, 0.2) is 5.13 Å². The normalized spacial score (nSPS) is 20.0. The Bertz CT molecular complexity index is 437. The van der Waals surface area contributed by atoms with Gasteiger partial charge in [0.2, 0.25) is 0 Å². The summed E-state index contributed by atoms with van der Waals surface area (Å²) in [5.74, 6) is 0. The van der Waals surface area contributed by atoms with Gasteiger partial charge in [-0.3, -0.25) is 0 Å². The highest BCUT2D eigenvalue weighted by Gasteiger charge is 2.20. The Morgan fingerprint density at radius 1 is 1.52 bits per heavy atom. The summed E-state index contributed by atoms with van der Waals surface area (Å²) in [5, 5.41) is 4.57. The number of hydrogen-bond acceptors (Lipinski definition) is 6. The smallest absolute Gasteiger partial charge is 0.186 e. The minimum Gasteiger partial charge on any atom is -0.378 e. The number of rotatable bonds is 6. The van der Waals surface area contributed by atoms with E-state index in [0.29, 0.717) is 12.6 Å². The summed E-state index contributed by atoms with van der Waals surface area (Å²) < 4.78 is 11.0. The van der Waals surface area contributed by atoms with Crippen molar-refractivity contribution in [3.63, 3.8) is 0 Å². The van der Waals surface area contributed by atoms with E-state index in [1.165, 1.54) is 4.88 Å². The molecule has 1 unspecified atom stereocenters. The van der Waals surface area contributed by atoms with Crippen LogP contribution in [0.15, 0.2) is 0 Å². The lowest BCUT2D eigenvalue weighted by Crippen LogP contribution is -2.29. The Balaban J connectivity index is 2.12. The van der Waals surface area contributed by atoms with E-state index in [-0.39, 0.29) is 6.10 Å². The van der Waals surface area contributed by atoms with Gasteiger partial charge in [-0.05, 0) is 13.3 Å². The number of ether oxygens (including phenoxy) is 2. The molecule has 2 rings (SSSR count). The Morgan fingerprint density at radius 2 is 2.33 bits per heavy atom. The summed E-state index contributed by atoms with van der Waals surface area (Å²) in [7, 11) is 1.72. The first-order valence-corrected chi connectivity index (χ1v) is 8.49. The molecular weight excluding hydrogens is 286 g/mol. The Hall–Kier alpha value is -0.690. The van der Waals surface area contributed by atoms with Crippen LogP contribution in [0.2, 0.25) is 0 Å². The van der Waals surface area contributed by atoms with Gasteiger partial charge in [-0.2, -0.15) is 0 Å². The predicted octanol–water partition coefficient (Wildman–Crippen LogP) is 2.40. The molecule has 1 aliphatic rings. The van der Waals surface area contributed by atoms with Crippen LogP contribution in [-0.4, -0.2) is 43.9 Å². The van der Waals surface area contributed by atoms with Crippen molar-refractivity contribution in [3.05, 3.63) is 10.6 Å². The van der Waals surface area contributed by atoms with Crippen LogP contribution < -0.4 is 10.2 Å². The van der Waals surface area contributed by atoms with Crippen molar-refractivity contribution < 1.29 is 9.47 Å². The average Bonchev–Trinajstić information content (AvgIpc) is 2.70. The standard InChI is InChI=1S/C15H27N3O2S/c1-11(2)16-8-14-13(10-19-4)17-15(21-14)18-6-5-7-20-12(3)9-18/h11-12,16H,5-10H2,1-4H3. The molecule has 1 saturated heterocycles. The molecule has 1 atom stereocenters. The first-order chi connectivity index (χ1) is 10.1. The third kappa shape index (κ3) is 4.92. The SMILES string of the molecule is COCc1nc(N2CCCOC(C)C2)sc1CNC(C)C. The second-order valence-electron chi connectivity index (χ2n) is 5.82. The summed E-state index contributed by atoms with van der Waals surface area (Å²) in [6.07, 6.45) is 1.32. The fourth-order valence-corrected chi connectivity index (χ4v) is 3.41. The lowest BCUT2D eigenvalue weighted by Gasteiger charge is -2.20. The van der Waals surface area contributed by atoms with Crippen LogP contribution in [0.5, 0.6) is 0 Å². The van der Waals surface area contributed by atoms with Gasteiger partial charge in [-0.25, -0.2) is 4.98 Å². The van der Waals surface area contributed by atoms with Crippen LogP contribution in [0, 0.1) is 0 Å². The number of aromatic nitrogens is 1. The Morgan fingerprint density at radius 3 is 3.05 bits per heavy atom. The molecule has 0 radical (unpaired) electrons. The van der Waals surface area contributed by atoms with Gasteiger partial charge in [-0.15, -0.1) is 11.3 Å². The van der Waals surface area contributed by atoms with E-state index in [2.05, 4.69) is 31.0 Å². The second kappa shape index (κ2) is 8.08. The van der Waals surface area contributed by atoms with E-state index in [1.807, 2.05) is 0 Å². The minimum atomic E-state index is 0.263. The molecule has 1 fully saturated rings. The van der Waals surface area contributed by atoms with Crippen LogP contribution in [0.4, 0.5) is 5.13 Å². The third-order valence-electron chi connectivity index (χ3n) is 3.44. The minimum absolute atomic E-state index is 0.263. The molecule has 2 heterocycles. The Kier molecular flexibility index (Phi) is 6.41.